The molecule has 4 N–H and O–H groups in total. The number of imide groups is 1. The molecule has 1 heterocycles. The topological polar surface area (TPSA) is 98.7 Å². The van der Waals surface area contributed by atoms with Gasteiger partial charge in [0.1, 0.15) is 5.75 Å². The van der Waals surface area contributed by atoms with Crippen LogP contribution in [0.1, 0.15) is 12.5 Å². The van der Waals surface area contributed by atoms with Crippen LogP contribution >= 0.6 is 0 Å². The summed E-state index contributed by atoms with van der Waals surface area (Å²) in [5, 5.41) is 0. The number of nitrogens with two attached hydrogens (primary N) is 2. The van der Waals surface area contributed by atoms with Crippen molar-refractivity contribution in [2.75, 3.05) is 18.0 Å². The van der Waals surface area contributed by atoms with Gasteiger partial charge in [-0.25, -0.2) is 4.90 Å². The number of benzene rings is 1. The third-order valence-electron chi connectivity index (χ3n) is 2.99. The summed E-state index contributed by atoms with van der Waals surface area (Å²) in [5.41, 5.74) is 12.3. The van der Waals surface area contributed by atoms with Gasteiger partial charge >= 0.3 is 0 Å². The SMILES string of the molecule is CC1Oc2ccc(CCN)cc2N(C(=O)CN)C1=O. The molecule has 0 bridgehead atoms. The van der Waals surface area contributed by atoms with Gasteiger partial charge in [0.05, 0.1) is 12.2 Å². The van der Waals surface area contributed by atoms with E-state index in [-0.39, 0.29) is 6.54 Å². The number of nitrogens with zero attached hydrogens (tertiary/aromatic N) is 1. The van der Waals surface area contributed by atoms with Crippen LogP contribution in [-0.4, -0.2) is 31.0 Å². The summed E-state index contributed by atoms with van der Waals surface area (Å²) in [7, 11) is 0. The molecule has 1 aromatic rings. The molecule has 1 atom stereocenters. The van der Waals surface area contributed by atoms with Crippen molar-refractivity contribution in [2.45, 2.75) is 19.4 Å². The minimum absolute atomic E-state index is 0.223. The fourth-order valence-electron chi connectivity index (χ4n) is 2.05. The minimum Gasteiger partial charge on any atom is -0.479 e. The maximum absolute atomic E-state index is 12.1. The van der Waals surface area contributed by atoms with Crippen LogP contribution in [0.15, 0.2) is 18.2 Å². The van der Waals surface area contributed by atoms with Gasteiger partial charge in [-0.2, -0.15) is 0 Å². The first-order valence-electron chi connectivity index (χ1n) is 6.15. The van der Waals surface area contributed by atoms with E-state index >= 15 is 0 Å². The summed E-state index contributed by atoms with van der Waals surface area (Å²) < 4.78 is 5.49. The van der Waals surface area contributed by atoms with Crippen molar-refractivity contribution in [1.82, 2.24) is 0 Å². The molecule has 102 valence electrons. The lowest BCUT2D eigenvalue weighted by Gasteiger charge is -2.31. The molecule has 6 heteroatoms. The molecule has 19 heavy (non-hydrogen) atoms. The van der Waals surface area contributed by atoms with Crippen molar-refractivity contribution < 1.29 is 14.3 Å². The Morgan fingerprint density at radius 1 is 1.42 bits per heavy atom. The normalized spacial score (nSPS) is 17.9. The number of carbonyl (C=O) groups excluding carboxylic acids is 2. The lowest BCUT2D eigenvalue weighted by atomic mass is 10.1. The first-order valence-corrected chi connectivity index (χ1v) is 6.15. The molecule has 2 amide bonds. The Hall–Kier alpha value is -1.92. The van der Waals surface area contributed by atoms with Gasteiger partial charge in [0.25, 0.3) is 5.91 Å². The van der Waals surface area contributed by atoms with Crippen LogP contribution in [0.4, 0.5) is 5.69 Å². The summed E-state index contributed by atoms with van der Waals surface area (Å²) in [6, 6.07) is 5.37. The van der Waals surface area contributed by atoms with Crippen LogP contribution < -0.4 is 21.1 Å². The summed E-state index contributed by atoms with van der Waals surface area (Å²) in [6.45, 7) is 1.88. The molecule has 1 aliphatic heterocycles. The van der Waals surface area contributed by atoms with E-state index in [1.807, 2.05) is 6.07 Å². The zero-order valence-electron chi connectivity index (χ0n) is 10.8. The quantitative estimate of drug-likeness (QED) is 0.786. The number of rotatable bonds is 3. The molecular formula is C13H17N3O3. The van der Waals surface area contributed by atoms with E-state index in [9.17, 15) is 9.59 Å². The van der Waals surface area contributed by atoms with Crippen LogP contribution in [-0.2, 0) is 16.0 Å². The fourth-order valence-corrected chi connectivity index (χ4v) is 2.05. The second-order valence-electron chi connectivity index (χ2n) is 4.37. The van der Waals surface area contributed by atoms with Gasteiger partial charge in [0.15, 0.2) is 6.10 Å². The number of ether oxygens (including phenoxy) is 1. The predicted molar refractivity (Wildman–Crippen MR) is 70.8 cm³/mol. The number of fused-ring (bicyclic) bond motifs is 1. The van der Waals surface area contributed by atoms with Gasteiger partial charge < -0.3 is 16.2 Å². The van der Waals surface area contributed by atoms with Crippen molar-refractivity contribution in [3.63, 3.8) is 0 Å². The molecule has 6 nitrogen and oxygen atoms in total. The molecule has 1 aliphatic rings. The van der Waals surface area contributed by atoms with Crippen LogP contribution in [0.5, 0.6) is 5.75 Å². The highest BCUT2D eigenvalue weighted by Gasteiger charge is 2.35. The summed E-state index contributed by atoms with van der Waals surface area (Å²) in [6.07, 6.45) is -0.0230. The number of hydrogen-bond acceptors (Lipinski definition) is 5. The predicted octanol–water partition coefficient (Wildman–Crippen LogP) is -0.213. The van der Waals surface area contributed by atoms with Gasteiger partial charge in [-0.3, -0.25) is 9.59 Å². The number of hydrogen-bond donors (Lipinski definition) is 2. The highest BCUT2D eigenvalue weighted by Crippen LogP contribution is 2.35. The van der Waals surface area contributed by atoms with Crippen molar-refractivity contribution in [2.24, 2.45) is 11.5 Å². The maximum atomic E-state index is 12.1. The maximum Gasteiger partial charge on any atom is 0.274 e. The Labute approximate surface area is 111 Å². The first-order chi connectivity index (χ1) is 9.08. The fraction of sp³-hybridized carbons (Fsp3) is 0.385. The van der Waals surface area contributed by atoms with Gasteiger partial charge in [-0.15, -0.1) is 0 Å². The molecular weight excluding hydrogens is 246 g/mol. The third-order valence-corrected chi connectivity index (χ3v) is 2.99. The Morgan fingerprint density at radius 3 is 2.79 bits per heavy atom. The van der Waals surface area contributed by atoms with Crippen molar-refractivity contribution >= 4 is 17.5 Å². The zero-order valence-corrected chi connectivity index (χ0v) is 10.8. The molecule has 2 rings (SSSR count). The third kappa shape index (κ3) is 2.45. The molecule has 1 unspecified atom stereocenters. The van der Waals surface area contributed by atoms with Gasteiger partial charge in [-0.1, -0.05) is 6.07 Å². The first kappa shape index (κ1) is 13.5. The summed E-state index contributed by atoms with van der Waals surface area (Å²) in [4.78, 5) is 25.0. The highest BCUT2D eigenvalue weighted by molar-refractivity contribution is 6.18. The van der Waals surface area contributed by atoms with Crippen LogP contribution in [0.2, 0.25) is 0 Å². The Morgan fingerprint density at radius 2 is 2.16 bits per heavy atom. The zero-order chi connectivity index (χ0) is 14.0. The molecule has 0 aliphatic carbocycles. The standard InChI is InChI=1S/C13H17N3O3/c1-8-13(18)16(12(17)7-15)10-6-9(4-5-14)2-3-11(10)19-8/h2-3,6,8H,4-5,7,14-15H2,1H3. The van der Waals surface area contributed by atoms with E-state index in [1.54, 1.807) is 19.1 Å². The summed E-state index contributed by atoms with van der Waals surface area (Å²) in [5.74, 6) is -0.325. The van der Waals surface area contributed by atoms with Gasteiger partial charge in [-0.05, 0) is 37.6 Å². The molecule has 0 spiro atoms. The van der Waals surface area contributed by atoms with Gasteiger partial charge in [0, 0.05) is 0 Å². The Balaban J connectivity index is 2.47. The number of amides is 2. The Kier molecular flexibility index (Phi) is 3.82. The van der Waals surface area contributed by atoms with E-state index in [2.05, 4.69) is 0 Å². The summed E-state index contributed by atoms with van der Waals surface area (Å²) >= 11 is 0. The van der Waals surface area contributed by atoms with E-state index in [1.165, 1.54) is 0 Å². The van der Waals surface area contributed by atoms with Crippen LogP contribution in [0.3, 0.4) is 0 Å². The number of carbonyl (C=O) groups is 2. The average Bonchev–Trinajstić information content (AvgIpc) is 2.40. The van der Waals surface area contributed by atoms with Crippen molar-refractivity contribution in [3.8, 4) is 5.75 Å². The molecule has 0 radical (unpaired) electrons. The van der Waals surface area contributed by atoms with Crippen LogP contribution in [0.25, 0.3) is 0 Å². The van der Waals surface area contributed by atoms with Crippen LogP contribution in [0, 0.1) is 0 Å². The van der Waals surface area contributed by atoms with E-state index in [4.69, 9.17) is 16.2 Å². The van der Waals surface area contributed by atoms with Crippen molar-refractivity contribution in [3.05, 3.63) is 23.8 Å². The average molecular weight is 263 g/mol. The lowest BCUT2D eigenvalue weighted by molar-refractivity contribution is -0.130. The van der Waals surface area contributed by atoms with Crippen molar-refractivity contribution in [1.29, 1.82) is 0 Å². The van der Waals surface area contributed by atoms with E-state index in [0.29, 0.717) is 24.4 Å². The monoisotopic (exact) mass is 263 g/mol. The molecule has 0 aromatic heterocycles. The molecule has 0 saturated carbocycles. The minimum atomic E-state index is -0.691. The highest BCUT2D eigenvalue weighted by atomic mass is 16.5. The molecule has 0 fully saturated rings. The van der Waals surface area contributed by atoms with E-state index in [0.717, 1.165) is 10.5 Å². The number of anilines is 1. The smallest absolute Gasteiger partial charge is 0.274 e. The van der Waals surface area contributed by atoms with E-state index < -0.39 is 17.9 Å². The Bertz CT molecular complexity index is 516. The van der Waals surface area contributed by atoms with Gasteiger partial charge in [0.2, 0.25) is 5.91 Å². The molecule has 1 aromatic carbocycles. The second-order valence-corrected chi connectivity index (χ2v) is 4.37. The molecule has 0 saturated heterocycles. The second kappa shape index (κ2) is 5.38. The largest absolute Gasteiger partial charge is 0.479 e. The lowest BCUT2D eigenvalue weighted by Crippen LogP contribution is -2.49.